The number of rotatable bonds is 6. The molecule has 0 unspecified atom stereocenters. The molecular formula is C12H15BrO3. The second kappa shape index (κ2) is 7.28. The summed E-state index contributed by atoms with van der Waals surface area (Å²) in [6.07, 6.45) is 1.34. The molecule has 0 bridgehead atoms. The minimum Gasteiger partial charge on any atom is -0.494 e. The van der Waals surface area contributed by atoms with Crippen molar-refractivity contribution in [1.29, 1.82) is 0 Å². The number of ether oxygens (including phenoxy) is 2. The monoisotopic (exact) mass is 286 g/mol. The molecule has 88 valence electrons. The Bertz CT molecular complexity index is 322. The second-order valence-corrected chi connectivity index (χ2v) is 3.98. The van der Waals surface area contributed by atoms with Gasteiger partial charge in [-0.15, -0.1) is 0 Å². The highest BCUT2D eigenvalue weighted by molar-refractivity contribution is 9.09. The molecule has 0 aromatic heterocycles. The molecule has 0 fully saturated rings. The molecular weight excluding hydrogens is 272 g/mol. The summed E-state index contributed by atoms with van der Waals surface area (Å²) >= 11 is 3.33. The normalized spacial score (nSPS) is 9.88. The van der Waals surface area contributed by atoms with Gasteiger partial charge >= 0.3 is 5.97 Å². The van der Waals surface area contributed by atoms with Crippen LogP contribution in [-0.4, -0.2) is 17.9 Å². The zero-order valence-electron chi connectivity index (χ0n) is 9.24. The van der Waals surface area contributed by atoms with Crippen LogP contribution in [0.1, 0.15) is 19.8 Å². The predicted octanol–water partition coefficient (Wildman–Crippen LogP) is 3.17. The average molecular weight is 287 g/mol. The summed E-state index contributed by atoms with van der Waals surface area (Å²) in [5.41, 5.74) is 0. The lowest BCUT2D eigenvalue weighted by molar-refractivity contribution is -0.134. The Kier molecular flexibility index (Phi) is 5.93. The number of hydrogen-bond acceptors (Lipinski definition) is 3. The van der Waals surface area contributed by atoms with E-state index in [0.29, 0.717) is 18.8 Å². The first-order chi connectivity index (χ1) is 7.76. The fourth-order valence-corrected chi connectivity index (χ4v) is 1.28. The van der Waals surface area contributed by atoms with E-state index < -0.39 is 0 Å². The van der Waals surface area contributed by atoms with E-state index in [1.165, 1.54) is 0 Å². The summed E-state index contributed by atoms with van der Waals surface area (Å²) in [6.45, 7) is 2.44. The van der Waals surface area contributed by atoms with Crippen molar-refractivity contribution >= 4 is 21.9 Å². The number of carbonyl (C=O) groups is 1. The van der Waals surface area contributed by atoms with E-state index in [-0.39, 0.29) is 5.97 Å². The van der Waals surface area contributed by atoms with Gasteiger partial charge < -0.3 is 9.47 Å². The van der Waals surface area contributed by atoms with Crippen molar-refractivity contribution in [2.24, 2.45) is 0 Å². The first-order valence-corrected chi connectivity index (χ1v) is 6.38. The lowest BCUT2D eigenvalue weighted by atomic mass is 10.3. The average Bonchev–Trinajstić information content (AvgIpc) is 2.31. The third-order valence-electron chi connectivity index (χ3n) is 1.89. The molecule has 0 saturated carbocycles. The Hall–Kier alpha value is -1.03. The van der Waals surface area contributed by atoms with Gasteiger partial charge in [0.2, 0.25) is 0 Å². The maximum atomic E-state index is 11.0. The quantitative estimate of drug-likeness (QED) is 0.349. The Balaban J connectivity index is 2.44. The molecule has 1 aromatic carbocycles. The first kappa shape index (κ1) is 13.0. The van der Waals surface area contributed by atoms with Crippen molar-refractivity contribution in [3.05, 3.63) is 24.3 Å². The highest BCUT2D eigenvalue weighted by atomic mass is 79.9. The molecule has 1 rings (SSSR count). The topological polar surface area (TPSA) is 35.5 Å². The van der Waals surface area contributed by atoms with Crippen molar-refractivity contribution in [3.63, 3.8) is 0 Å². The van der Waals surface area contributed by atoms with Crippen LogP contribution in [0.25, 0.3) is 0 Å². The summed E-state index contributed by atoms with van der Waals surface area (Å²) in [6, 6.07) is 7.06. The van der Waals surface area contributed by atoms with Crippen LogP contribution in [0.3, 0.4) is 0 Å². The van der Waals surface area contributed by atoms with E-state index in [2.05, 4.69) is 15.9 Å². The van der Waals surface area contributed by atoms with Crippen molar-refractivity contribution in [2.45, 2.75) is 19.8 Å². The lowest BCUT2D eigenvalue weighted by Gasteiger charge is -2.06. The van der Waals surface area contributed by atoms with Gasteiger partial charge in [0.25, 0.3) is 0 Å². The Morgan fingerprint density at radius 1 is 1.25 bits per heavy atom. The number of halogens is 1. The van der Waals surface area contributed by atoms with Crippen LogP contribution >= 0.6 is 15.9 Å². The largest absolute Gasteiger partial charge is 0.494 e. The molecule has 0 heterocycles. The fraction of sp³-hybridized carbons (Fsp3) is 0.417. The van der Waals surface area contributed by atoms with Gasteiger partial charge in [-0.3, -0.25) is 4.79 Å². The summed E-state index contributed by atoms with van der Waals surface area (Å²) in [7, 11) is 0. The van der Waals surface area contributed by atoms with Crippen LogP contribution in [0.2, 0.25) is 0 Å². The molecule has 1 aromatic rings. The van der Waals surface area contributed by atoms with Crippen molar-refractivity contribution in [3.8, 4) is 11.5 Å². The molecule has 0 aliphatic heterocycles. The summed E-state index contributed by atoms with van der Waals surface area (Å²) < 4.78 is 10.5. The van der Waals surface area contributed by atoms with Crippen molar-refractivity contribution in [2.75, 3.05) is 11.9 Å². The molecule has 0 atom stereocenters. The molecule has 3 nitrogen and oxygen atoms in total. The first-order valence-electron chi connectivity index (χ1n) is 5.25. The van der Waals surface area contributed by atoms with Gasteiger partial charge in [-0.2, -0.15) is 0 Å². The minimum atomic E-state index is -0.229. The number of carbonyl (C=O) groups excluding carboxylic acids is 1. The maximum Gasteiger partial charge on any atom is 0.310 e. The molecule has 0 aliphatic rings. The van der Waals surface area contributed by atoms with Gasteiger partial charge in [0.15, 0.2) is 0 Å². The molecule has 0 amide bonds. The number of alkyl halides is 1. The standard InChI is InChI=1S/C12H15BrO3/c1-2-12(14)16-11-6-4-10(5-7-11)15-9-3-8-13/h4-7H,2-3,8-9H2,1H3. The lowest BCUT2D eigenvalue weighted by Crippen LogP contribution is -2.05. The van der Waals surface area contributed by atoms with Gasteiger partial charge in [-0.05, 0) is 30.7 Å². The Morgan fingerprint density at radius 2 is 1.88 bits per heavy atom. The molecule has 0 saturated heterocycles. The van der Waals surface area contributed by atoms with Crippen molar-refractivity contribution < 1.29 is 14.3 Å². The van der Waals surface area contributed by atoms with E-state index in [9.17, 15) is 4.79 Å². The van der Waals surface area contributed by atoms with E-state index >= 15 is 0 Å². The fourth-order valence-electron chi connectivity index (χ4n) is 1.05. The van der Waals surface area contributed by atoms with Crippen molar-refractivity contribution in [1.82, 2.24) is 0 Å². The Labute approximate surface area is 104 Å². The number of esters is 1. The molecule has 16 heavy (non-hydrogen) atoms. The third-order valence-corrected chi connectivity index (χ3v) is 2.45. The zero-order chi connectivity index (χ0) is 11.8. The second-order valence-electron chi connectivity index (χ2n) is 3.19. The van der Waals surface area contributed by atoms with E-state index in [0.717, 1.165) is 17.5 Å². The van der Waals surface area contributed by atoms with Gasteiger partial charge in [-0.25, -0.2) is 0 Å². The van der Waals surface area contributed by atoms with Gasteiger partial charge in [0.05, 0.1) is 6.61 Å². The van der Waals surface area contributed by atoms with Gasteiger partial charge in [0, 0.05) is 11.8 Å². The third kappa shape index (κ3) is 4.66. The Morgan fingerprint density at radius 3 is 2.44 bits per heavy atom. The van der Waals surface area contributed by atoms with Crippen LogP contribution in [0.4, 0.5) is 0 Å². The minimum absolute atomic E-state index is 0.229. The molecule has 0 radical (unpaired) electrons. The molecule has 0 spiro atoms. The predicted molar refractivity (Wildman–Crippen MR) is 66.3 cm³/mol. The number of benzene rings is 1. The van der Waals surface area contributed by atoms with Crippen LogP contribution in [0.15, 0.2) is 24.3 Å². The zero-order valence-corrected chi connectivity index (χ0v) is 10.8. The SMILES string of the molecule is CCC(=O)Oc1ccc(OCCCBr)cc1. The highest BCUT2D eigenvalue weighted by Gasteiger charge is 2.01. The molecule has 0 N–H and O–H groups in total. The van der Waals surface area contributed by atoms with E-state index in [1.807, 2.05) is 0 Å². The summed E-state index contributed by atoms with van der Waals surface area (Å²) in [5, 5.41) is 0.930. The van der Waals surface area contributed by atoms with Crippen LogP contribution in [-0.2, 0) is 4.79 Å². The van der Waals surface area contributed by atoms with Gasteiger partial charge in [0.1, 0.15) is 11.5 Å². The van der Waals surface area contributed by atoms with E-state index in [4.69, 9.17) is 9.47 Å². The number of hydrogen-bond donors (Lipinski definition) is 0. The molecule has 4 heteroatoms. The summed E-state index contributed by atoms with van der Waals surface area (Å²) in [5.74, 6) is 1.12. The van der Waals surface area contributed by atoms with Crippen LogP contribution < -0.4 is 9.47 Å². The van der Waals surface area contributed by atoms with Gasteiger partial charge in [-0.1, -0.05) is 22.9 Å². The molecule has 0 aliphatic carbocycles. The van der Waals surface area contributed by atoms with E-state index in [1.54, 1.807) is 31.2 Å². The highest BCUT2D eigenvalue weighted by Crippen LogP contribution is 2.18. The summed E-state index contributed by atoms with van der Waals surface area (Å²) in [4.78, 5) is 11.0. The van der Waals surface area contributed by atoms with Crippen LogP contribution in [0, 0.1) is 0 Å². The van der Waals surface area contributed by atoms with Crippen LogP contribution in [0.5, 0.6) is 11.5 Å². The maximum absolute atomic E-state index is 11.0. The smallest absolute Gasteiger partial charge is 0.310 e.